The van der Waals surface area contributed by atoms with Gasteiger partial charge in [-0.15, -0.1) is 0 Å². The van der Waals surface area contributed by atoms with E-state index in [-0.39, 0.29) is 10.9 Å². The molecule has 1 saturated heterocycles. The molecule has 0 aromatic heterocycles. The summed E-state index contributed by atoms with van der Waals surface area (Å²) in [6.45, 7) is 7.86. The van der Waals surface area contributed by atoms with Crippen LogP contribution in [0.25, 0.3) is 0 Å². The monoisotopic (exact) mass is 367 g/mol. The van der Waals surface area contributed by atoms with E-state index in [2.05, 4.69) is 4.72 Å². The quantitative estimate of drug-likeness (QED) is 0.804. The van der Waals surface area contributed by atoms with Gasteiger partial charge in [-0.25, -0.2) is 13.1 Å². The zero-order valence-corrected chi connectivity index (χ0v) is 16.3. The Bertz CT molecular complexity index is 742. The Morgan fingerprint density at radius 2 is 1.76 bits per heavy atom. The van der Waals surface area contributed by atoms with Gasteiger partial charge in [0.2, 0.25) is 10.0 Å². The standard InChI is InChI=1S/C17H26BNO5S/c1-16(2)17(3,4)24-18(23-16)12-9-10-14(22-5)15(11-12)25(20,21)19-13-7-6-8-13/h9-11,13,19H,6-8H2,1-5H3. The molecule has 1 aromatic rings. The van der Waals surface area contributed by atoms with Crippen LogP contribution in [-0.4, -0.2) is 39.9 Å². The Morgan fingerprint density at radius 1 is 1.16 bits per heavy atom. The molecule has 3 rings (SSSR count). The number of ether oxygens (including phenoxy) is 1. The summed E-state index contributed by atoms with van der Waals surface area (Å²) in [5.74, 6) is 0.312. The fraction of sp³-hybridized carbons (Fsp3) is 0.647. The fourth-order valence-corrected chi connectivity index (χ4v) is 4.35. The predicted molar refractivity (Wildman–Crippen MR) is 96.7 cm³/mol. The van der Waals surface area contributed by atoms with Crippen molar-refractivity contribution in [2.45, 2.75) is 69.1 Å². The first-order valence-electron chi connectivity index (χ1n) is 8.62. The summed E-state index contributed by atoms with van der Waals surface area (Å²) in [6, 6.07) is 5.02. The second-order valence-corrected chi connectivity index (χ2v) is 9.43. The van der Waals surface area contributed by atoms with Crippen molar-refractivity contribution >= 4 is 22.6 Å². The number of hydrogen-bond acceptors (Lipinski definition) is 5. The summed E-state index contributed by atoms with van der Waals surface area (Å²) in [7, 11) is -2.81. The summed E-state index contributed by atoms with van der Waals surface area (Å²) < 4.78 is 45.6. The molecular formula is C17H26BNO5S. The maximum Gasteiger partial charge on any atom is 0.494 e. The Morgan fingerprint density at radius 3 is 2.24 bits per heavy atom. The normalized spacial score (nSPS) is 22.7. The minimum absolute atomic E-state index is 0.00945. The van der Waals surface area contributed by atoms with Crippen LogP contribution in [0.1, 0.15) is 47.0 Å². The highest BCUT2D eigenvalue weighted by Crippen LogP contribution is 2.37. The van der Waals surface area contributed by atoms with Crippen LogP contribution in [-0.2, 0) is 19.3 Å². The molecule has 2 fully saturated rings. The minimum atomic E-state index is -3.66. The third-order valence-corrected chi connectivity index (χ3v) is 6.97. The smallest absolute Gasteiger partial charge is 0.494 e. The summed E-state index contributed by atoms with van der Waals surface area (Å²) in [4.78, 5) is 0.120. The molecule has 6 nitrogen and oxygen atoms in total. The lowest BCUT2D eigenvalue weighted by atomic mass is 9.79. The van der Waals surface area contributed by atoms with E-state index >= 15 is 0 Å². The Labute approximate surface area is 150 Å². The number of rotatable bonds is 5. The topological polar surface area (TPSA) is 73.9 Å². The molecule has 8 heteroatoms. The number of hydrogen-bond donors (Lipinski definition) is 1. The third-order valence-electron chi connectivity index (χ3n) is 5.43. The van der Waals surface area contributed by atoms with Crippen LogP contribution in [0, 0.1) is 0 Å². The van der Waals surface area contributed by atoms with Crippen molar-refractivity contribution < 1.29 is 22.5 Å². The van der Waals surface area contributed by atoms with Crippen LogP contribution >= 0.6 is 0 Å². The highest BCUT2D eigenvalue weighted by Gasteiger charge is 2.52. The summed E-state index contributed by atoms with van der Waals surface area (Å²) >= 11 is 0. The van der Waals surface area contributed by atoms with E-state index in [1.807, 2.05) is 27.7 Å². The molecule has 1 N–H and O–H groups in total. The minimum Gasteiger partial charge on any atom is -0.495 e. The zero-order chi connectivity index (χ0) is 18.5. The van der Waals surface area contributed by atoms with Crippen LogP contribution in [0.3, 0.4) is 0 Å². The molecule has 1 aliphatic heterocycles. The molecule has 0 atom stereocenters. The van der Waals surface area contributed by atoms with Gasteiger partial charge in [0, 0.05) is 6.04 Å². The van der Waals surface area contributed by atoms with Crippen LogP contribution < -0.4 is 14.9 Å². The number of benzene rings is 1. The average Bonchev–Trinajstić information content (AvgIpc) is 2.71. The maximum absolute atomic E-state index is 12.8. The Balaban J connectivity index is 1.93. The lowest BCUT2D eigenvalue weighted by Crippen LogP contribution is -2.41. The molecule has 1 heterocycles. The van der Waals surface area contributed by atoms with Gasteiger partial charge in [0.05, 0.1) is 18.3 Å². The molecule has 25 heavy (non-hydrogen) atoms. The first kappa shape index (κ1) is 18.7. The molecule has 0 amide bonds. The van der Waals surface area contributed by atoms with Gasteiger partial charge < -0.3 is 14.0 Å². The highest BCUT2D eigenvalue weighted by atomic mass is 32.2. The number of sulfonamides is 1. The first-order chi connectivity index (χ1) is 11.6. The molecule has 1 saturated carbocycles. The van der Waals surface area contributed by atoms with Gasteiger partial charge in [-0.2, -0.15) is 0 Å². The van der Waals surface area contributed by atoms with Crippen LogP contribution in [0.15, 0.2) is 23.1 Å². The van der Waals surface area contributed by atoms with E-state index in [1.54, 1.807) is 18.2 Å². The van der Waals surface area contributed by atoms with Gasteiger partial charge in [-0.1, -0.05) is 12.5 Å². The fourth-order valence-electron chi connectivity index (χ4n) is 2.84. The summed E-state index contributed by atoms with van der Waals surface area (Å²) in [6.07, 6.45) is 2.80. The van der Waals surface area contributed by atoms with E-state index in [0.717, 1.165) is 19.3 Å². The second-order valence-electron chi connectivity index (χ2n) is 7.75. The van der Waals surface area contributed by atoms with Gasteiger partial charge in [0.25, 0.3) is 0 Å². The van der Waals surface area contributed by atoms with Crippen LogP contribution in [0.5, 0.6) is 5.75 Å². The lowest BCUT2D eigenvalue weighted by molar-refractivity contribution is 0.00578. The summed E-state index contributed by atoms with van der Waals surface area (Å²) in [5.41, 5.74) is -0.310. The molecule has 1 aliphatic carbocycles. The molecule has 0 radical (unpaired) electrons. The highest BCUT2D eigenvalue weighted by molar-refractivity contribution is 7.89. The molecule has 0 unspecified atom stereocenters. The van der Waals surface area contributed by atoms with Crippen molar-refractivity contribution in [1.29, 1.82) is 0 Å². The van der Waals surface area contributed by atoms with Gasteiger partial charge in [0.1, 0.15) is 10.6 Å². The average molecular weight is 367 g/mol. The number of methoxy groups -OCH3 is 1. The van der Waals surface area contributed by atoms with Crippen molar-refractivity contribution in [2.75, 3.05) is 7.11 Å². The molecule has 138 valence electrons. The van der Waals surface area contributed by atoms with Crippen LogP contribution in [0.4, 0.5) is 0 Å². The van der Waals surface area contributed by atoms with Gasteiger partial charge in [-0.3, -0.25) is 0 Å². The third kappa shape index (κ3) is 3.45. The van der Waals surface area contributed by atoms with E-state index in [1.165, 1.54) is 7.11 Å². The van der Waals surface area contributed by atoms with Crippen molar-refractivity contribution in [3.05, 3.63) is 18.2 Å². The van der Waals surface area contributed by atoms with Crippen LogP contribution in [0.2, 0.25) is 0 Å². The number of nitrogens with one attached hydrogen (secondary N) is 1. The first-order valence-corrected chi connectivity index (χ1v) is 10.1. The van der Waals surface area contributed by atoms with E-state index < -0.39 is 28.3 Å². The molecule has 0 spiro atoms. The Kier molecular flexibility index (Phi) is 4.69. The van der Waals surface area contributed by atoms with Crippen molar-refractivity contribution in [3.63, 3.8) is 0 Å². The Hall–Kier alpha value is -1.09. The van der Waals surface area contributed by atoms with E-state index in [0.29, 0.717) is 11.2 Å². The largest absolute Gasteiger partial charge is 0.495 e. The second kappa shape index (κ2) is 6.26. The predicted octanol–water partition coefficient (Wildman–Crippen LogP) is 1.83. The van der Waals surface area contributed by atoms with Gasteiger partial charge in [-0.05, 0) is 58.1 Å². The molecular weight excluding hydrogens is 341 g/mol. The zero-order valence-electron chi connectivity index (χ0n) is 15.5. The van der Waals surface area contributed by atoms with Crippen molar-refractivity contribution in [3.8, 4) is 5.75 Å². The maximum atomic E-state index is 12.8. The van der Waals surface area contributed by atoms with E-state index in [4.69, 9.17) is 14.0 Å². The van der Waals surface area contributed by atoms with Crippen molar-refractivity contribution in [2.24, 2.45) is 0 Å². The SMILES string of the molecule is COc1ccc(B2OC(C)(C)C(C)(C)O2)cc1S(=O)(=O)NC1CCC1. The lowest BCUT2D eigenvalue weighted by Gasteiger charge is -2.32. The van der Waals surface area contributed by atoms with Crippen molar-refractivity contribution in [1.82, 2.24) is 4.72 Å². The summed E-state index contributed by atoms with van der Waals surface area (Å²) in [5, 5.41) is 0. The molecule has 1 aromatic carbocycles. The van der Waals surface area contributed by atoms with E-state index in [9.17, 15) is 8.42 Å². The molecule has 0 bridgehead atoms. The van der Waals surface area contributed by atoms with Gasteiger partial charge in [0.15, 0.2) is 0 Å². The molecule has 2 aliphatic rings. The van der Waals surface area contributed by atoms with Gasteiger partial charge >= 0.3 is 7.12 Å².